The Balaban J connectivity index is 1.01. The SMILES string of the molecule is O=c1ccn([C@@H]2O[C@H](COP(O)(=S)O[C@H]3[C@@H](O)[C@H](n4ccc(=O)[nH]c4=O)O[C@@H]3COP(O)(=S)O[C@H]3[C@@H](O)[C@H](n4ccc(=O)[nH]c4=O)O[C@@H]3COP(O)(O)=S)[C@@H](OP(=O)(S)OC[C@H]3O[C@@H](n4ccc(=O)[nH]c4=O)[C@H](O)[C@@H]3OP(O)(O)=S)[C@H]2O)c(=O)[nH]1. The van der Waals surface area contributed by atoms with Crippen LogP contribution in [0.15, 0.2) is 87.4 Å². The molecule has 4 aromatic heterocycles. The first kappa shape index (κ1) is 67.9. The van der Waals surface area contributed by atoms with Gasteiger partial charge >= 0.3 is 56.4 Å². The van der Waals surface area contributed by atoms with Gasteiger partial charge in [0.1, 0.15) is 73.2 Å². The molecule has 8 rings (SSSR count). The lowest BCUT2D eigenvalue weighted by molar-refractivity contribution is -0.0596. The number of aromatic nitrogens is 8. The van der Waals surface area contributed by atoms with Crippen molar-refractivity contribution in [2.75, 3.05) is 26.4 Å². The topological polar surface area (TPSA) is 550 Å². The summed E-state index contributed by atoms with van der Waals surface area (Å²) in [7, 11) is 0. The van der Waals surface area contributed by atoms with Crippen LogP contribution in [0.5, 0.6) is 0 Å². The van der Waals surface area contributed by atoms with Crippen LogP contribution in [0, 0.1) is 0 Å². The molecule has 472 valence electrons. The molecule has 0 spiro atoms. The molecular weight excluding hydrogens is 1360 g/mol. The Morgan fingerprint density at radius 1 is 0.424 bits per heavy atom. The van der Waals surface area contributed by atoms with Gasteiger partial charge < -0.3 is 82.3 Å². The van der Waals surface area contributed by atoms with Gasteiger partial charge in [0.05, 0.1) is 26.4 Å². The summed E-state index contributed by atoms with van der Waals surface area (Å²) in [5.74, 6) is 0. The number of rotatable bonds is 24. The van der Waals surface area contributed by atoms with E-state index in [1.165, 1.54) is 0 Å². The van der Waals surface area contributed by atoms with E-state index in [2.05, 4.69) is 35.9 Å². The standard InChI is InChI=1S/C36H47N8O31P5S5/c45-17-1-5-41(33(53)37-17)29-21(49)25(72-77(59,60)82)14(69-29)10-65-78(61,83)74-27-16(71-31(23(27)51)43-7-3-19(47)39-35(43)55)12-67-80(63,85)75-28-15(70-32(24(28)52)44-8-4-20(48)40-36(44)56)11-66-79(62,84)73-26-13(9-64-76(57,58)81)68-30(22(26)50)42-6-2-18(46)38-34(42)54/h1-8,13-16,21-32,49-52H,9-12H2,(H,61,83)(H,62,84)(H,63,85)(H,37,45,53)(H,38,46,54)(H,39,47,55)(H,40,48,56)(H2,57,58,81)(H2,59,60,82)/t13-,14-,15-,16-,21-,22-,23-,24-,25-,26-,27-,28-,29-,30-,31-,32-,78?,79?,80?/m1/s1. The minimum absolute atomic E-state index is 0.639. The van der Waals surface area contributed by atoms with Gasteiger partial charge in [0, 0.05) is 49.1 Å². The van der Waals surface area contributed by atoms with Gasteiger partial charge in [-0.3, -0.25) is 80.0 Å². The summed E-state index contributed by atoms with van der Waals surface area (Å²) < 4.78 is 83.0. The Hall–Kier alpha value is -2.98. The maximum atomic E-state index is 14.0. The number of aliphatic hydroxyl groups excluding tert-OH is 4. The highest BCUT2D eigenvalue weighted by atomic mass is 32.7. The minimum atomic E-state index is -4.99. The van der Waals surface area contributed by atoms with Crippen molar-refractivity contribution in [2.24, 2.45) is 0 Å². The molecule has 0 aromatic carbocycles. The fraction of sp³-hybridized carbons (Fsp3) is 0.556. The van der Waals surface area contributed by atoms with Crippen molar-refractivity contribution in [3.05, 3.63) is 132 Å². The quantitative estimate of drug-likeness (QED) is 0.0229. The summed E-state index contributed by atoms with van der Waals surface area (Å²) in [6.07, 6.45) is -26.7. The van der Waals surface area contributed by atoms with Crippen molar-refractivity contribution in [1.29, 1.82) is 0 Å². The van der Waals surface area contributed by atoms with Crippen LogP contribution < -0.4 is 45.0 Å². The number of nitrogens with one attached hydrogen (secondary N) is 4. The summed E-state index contributed by atoms with van der Waals surface area (Å²) in [6.45, 7) is -27.9. The molecule has 0 amide bonds. The second kappa shape index (κ2) is 26.8. The summed E-state index contributed by atoms with van der Waals surface area (Å²) >= 11 is 23.5. The van der Waals surface area contributed by atoms with Crippen LogP contribution in [0.1, 0.15) is 24.9 Å². The average Bonchev–Trinajstić information content (AvgIpc) is 2.37. The molecule has 85 heavy (non-hydrogen) atoms. The summed E-state index contributed by atoms with van der Waals surface area (Å²) in [5, 5.41) is 45.7. The van der Waals surface area contributed by atoms with Crippen LogP contribution in [0.25, 0.3) is 0 Å². The molecular formula is C36H47N8O31P5S5. The normalized spacial score (nSPS) is 32.0. The molecule has 0 aliphatic carbocycles. The number of hydrogen-bond donors (Lipinski definition) is 15. The Kier molecular flexibility index (Phi) is 21.5. The Morgan fingerprint density at radius 3 is 0.953 bits per heavy atom. The summed E-state index contributed by atoms with van der Waals surface area (Å²) in [4.78, 5) is 169. The number of hydrogen-bond acceptors (Lipinski definition) is 29. The lowest BCUT2D eigenvalue weighted by Gasteiger charge is -2.29. The van der Waals surface area contributed by atoms with Gasteiger partial charge in [0.25, 0.3) is 22.2 Å². The molecule has 14 N–H and O–H groups in total. The van der Waals surface area contributed by atoms with Gasteiger partial charge in [-0.1, -0.05) is 12.2 Å². The first-order valence-electron chi connectivity index (χ1n) is 23.5. The smallest absolute Gasteiger partial charge is 0.386 e. The number of ether oxygens (including phenoxy) is 4. The van der Waals surface area contributed by atoms with Crippen molar-refractivity contribution in [3.63, 3.8) is 0 Å². The van der Waals surface area contributed by atoms with Gasteiger partial charge in [-0.15, -0.1) is 0 Å². The van der Waals surface area contributed by atoms with E-state index < -0.39 is 203 Å². The van der Waals surface area contributed by atoms with Crippen molar-refractivity contribution in [2.45, 2.75) is 98.2 Å². The van der Waals surface area contributed by atoms with Crippen LogP contribution >= 0.6 is 45.9 Å². The first-order valence-corrected chi connectivity index (χ1v) is 36.6. The van der Waals surface area contributed by atoms with Crippen LogP contribution in [0.2, 0.25) is 0 Å². The molecule has 19 atom stereocenters. The molecule has 0 saturated carbocycles. The van der Waals surface area contributed by atoms with Crippen LogP contribution in [-0.4, -0.2) is 188 Å². The second-order valence-corrected chi connectivity index (χ2v) is 31.9. The number of nitrogens with zero attached hydrogens (tertiary/aromatic N) is 4. The monoisotopic (exact) mass is 1400 g/mol. The van der Waals surface area contributed by atoms with E-state index in [1.807, 2.05) is 19.9 Å². The first-order chi connectivity index (χ1) is 39.5. The molecule has 4 aromatic rings. The van der Waals surface area contributed by atoms with E-state index >= 15 is 0 Å². The fourth-order valence-corrected chi connectivity index (χ4v) is 14.5. The predicted octanol–water partition coefficient (Wildman–Crippen LogP) is -6.28. The Labute approximate surface area is 495 Å². The zero-order valence-corrected chi connectivity index (χ0v) is 50.5. The third kappa shape index (κ3) is 16.9. The van der Waals surface area contributed by atoms with Crippen molar-refractivity contribution in [3.8, 4) is 0 Å². The molecule has 4 fully saturated rings. The van der Waals surface area contributed by atoms with Crippen LogP contribution in [0.4, 0.5) is 0 Å². The van der Waals surface area contributed by atoms with Gasteiger partial charge in [0.2, 0.25) is 0 Å². The molecule has 0 bridgehead atoms. The van der Waals surface area contributed by atoms with Gasteiger partial charge in [-0.25, -0.2) is 23.7 Å². The van der Waals surface area contributed by atoms with Crippen LogP contribution in [-0.2, 0) is 107 Å². The number of H-pyrrole nitrogens is 4. The van der Waals surface area contributed by atoms with Gasteiger partial charge in [0.15, 0.2) is 24.9 Å². The van der Waals surface area contributed by atoms with E-state index in [9.17, 15) is 92.7 Å². The van der Waals surface area contributed by atoms with E-state index in [-0.39, 0.29) is 0 Å². The highest BCUT2D eigenvalue weighted by molar-refractivity contribution is 8.44. The molecule has 3 unspecified atom stereocenters. The average molecular weight is 1400 g/mol. The van der Waals surface area contributed by atoms with E-state index in [1.54, 1.807) is 0 Å². The highest BCUT2D eigenvalue weighted by Gasteiger charge is 2.54. The van der Waals surface area contributed by atoms with E-state index in [0.717, 1.165) is 49.1 Å². The second-order valence-electron chi connectivity index (χ2n) is 18.1. The van der Waals surface area contributed by atoms with Crippen LogP contribution in [0.3, 0.4) is 0 Å². The molecule has 4 saturated heterocycles. The zero-order valence-electron chi connectivity index (χ0n) is 41.8. The Morgan fingerprint density at radius 2 is 0.682 bits per heavy atom. The predicted molar refractivity (Wildman–Crippen MR) is 295 cm³/mol. The van der Waals surface area contributed by atoms with Gasteiger partial charge in [-0.2, -0.15) is 0 Å². The van der Waals surface area contributed by atoms with Crippen molar-refractivity contribution >= 4 is 93.1 Å². The Bertz CT molecular complexity index is 3870. The fourth-order valence-electron chi connectivity index (χ4n) is 8.75. The van der Waals surface area contributed by atoms with E-state index in [4.69, 9.17) is 78.8 Å². The lowest BCUT2D eigenvalue weighted by atomic mass is 10.1. The summed E-state index contributed by atoms with van der Waals surface area (Å²) in [5.41, 5.74) is -8.03. The largest absolute Gasteiger partial charge is 0.386 e. The molecule has 39 nitrogen and oxygen atoms in total. The van der Waals surface area contributed by atoms with E-state index in [0.29, 0.717) is 18.3 Å². The zero-order chi connectivity index (χ0) is 62.5. The number of thiol groups is 1. The number of aromatic amines is 4. The maximum absolute atomic E-state index is 14.0. The maximum Gasteiger partial charge on any atom is 0.386 e. The molecule has 4 aliphatic rings. The lowest BCUT2D eigenvalue weighted by Crippen LogP contribution is -2.40. The molecule has 0 radical (unpaired) electrons. The molecule has 49 heteroatoms. The highest BCUT2D eigenvalue weighted by Crippen LogP contribution is 2.58. The minimum Gasteiger partial charge on any atom is -0.386 e. The van der Waals surface area contributed by atoms with Crippen molar-refractivity contribution < 1.29 is 109 Å². The van der Waals surface area contributed by atoms with Gasteiger partial charge in [-0.05, 0) is 47.2 Å². The number of aliphatic hydroxyl groups is 4. The summed E-state index contributed by atoms with van der Waals surface area (Å²) in [6, 6.07) is 3.45. The molecule has 8 heterocycles. The molecule has 4 aliphatic heterocycles. The third-order valence-electron chi connectivity index (χ3n) is 12.4. The van der Waals surface area contributed by atoms with Crippen molar-refractivity contribution in [1.82, 2.24) is 38.2 Å². The third-order valence-corrected chi connectivity index (χ3v) is 18.7.